The van der Waals surface area contributed by atoms with Crippen LogP contribution in [0.5, 0.6) is 5.75 Å². The monoisotopic (exact) mass is 493 g/mol. The first-order valence-corrected chi connectivity index (χ1v) is 12.4. The Kier molecular flexibility index (Phi) is 9.71. The lowest BCUT2D eigenvalue weighted by molar-refractivity contribution is -0.0385. The van der Waals surface area contributed by atoms with Crippen molar-refractivity contribution in [2.75, 3.05) is 58.8 Å². The summed E-state index contributed by atoms with van der Waals surface area (Å²) in [5.74, 6) is -0.808. The maximum absolute atomic E-state index is 14.3. The van der Waals surface area contributed by atoms with E-state index in [9.17, 15) is 17.6 Å². The van der Waals surface area contributed by atoms with Gasteiger partial charge in [0, 0.05) is 51.5 Å². The number of ether oxygens (including phenoxy) is 2. The van der Waals surface area contributed by atoms with E-state index in [0.29, 0.717) is 65.2 Å². The highest BCUT2D eigenvalue weighted by atomic mass is 35.5. The Morgan fingerprint density at radius 3 is 2.47 bits per heavy atom. The van der Waals surface area contributed by atoms with Crippen molar-refractivity contribution in [3.05, 3.63) is 29.6 Å². The van der Waals surface area contributed by atoms with Gasteiger partial charge < -0.3 is 14.8 Å². The first kappa shape index (κ1) is 26.8. The van der Waals surface area contributed by atoms with Gasteiger partial charge in [0.1, 0.15) is 17.1 Å². The standard InChI is InChI=1S/C21H32FN3O5S.ClH/c1-3-15-31(27,28)25-11-9-24(10-12-25)21(7-13-30-14-8-21)16-23-20(26)19-17(22)5-4-6-18(19)29-2;/h4-6H,3,7-16H2,1-2H3,(H,23,26);1H. The molecule has 0 aromatic heterocycles. The first-order chi connectivity index (χ1) is 14.8. The van der Waals surface area contributed by atoms with E-state index in [0.717, 1.165) is 0 Å². The average molecular weight is 494 g/mol. The summed E-state index contributed by atoms with van der Waals surface area (Å²) in [5, 5.41) is 2.90. The largest absolute Gasteiger partial charge is 0.496 e. The predicted octanol–water partition coefficient (Wildman–Crippen LogP) is 1.89. The second-order valence-corrected chi connectivity index (χ2v) is 10.1. The second kappa shape index (κ2) is 11.6. The highest BCUT2D eigenvalue weighted by molar-refractivity contribution is 7.89. The Balaban J connectivity index is 0.00000363. The molecule has 2 fully saturated rings. The molecule has 1 amide bonds. The number of rotatable bonds is 8. The highest BCUT2D eigenvalue weighted by Gasteiger charge is 2.41. The van der Waals surface area contributed by atoms with Crippen LogP contribution in [0.2, 0.25) is 0 Å². The molecule has 8 nitrogen and oxygen atoms in total. The molecular formula is C21H33ClFN3O5S. The van der Waals surface area contributed by atoms with Crippen molar-refractivity contribution >= 4 is 28.3 Å². The molecule has 0 spiro atoms. The molecule has 0 unspecified atom stereocenters. The Hall–Kier alpha value is -1.46. The number of amides is 1. The second-order valence-electron chi connectivity index (χ2n) is 8.04. The third-order valence-corrected chi connectivity index (χ3v) is 8.26. The van der Waals surface area contributed by atoms with Gasteiger partial charge >= 0.3 is 0 Å². The third-order valence-electron chi connectivity index (χ3n) is 6.19. The molecule has 1 aromatic carbocycles. The number of halogens is 2. The normalized spacial score (nSPS) is 19.7. The van der Waals surface area contributed by atoms with E-state index in [-0.39, 0.29) is 35.0 Å². The Bertz CT molecular complexity index is 872. The van der Waals surface area contributed by atoms with Crippen LogP contribution in [0.1, 0.15) is 36.5 Å². The number of sulfonamides is 1. The molecule has 0 saturated carbocycles. The molecule has 182 valence electrons. The van der Waals surface area contributed by atoms with E-state index in [4.69, 9.17) is 9.47 Å². The smallest absolute Gasteiger partial charge is 0.258 e. The molecule has 2 aliphatic heterocycles. The van der Waals surface area contributed by atoms with Crippen molar-refractivity contribution in [1.29, 1.82) is 0 Å². The van der Waals surface area contributed by atoms with Crippen LogP contribution in [0.3, 0.4) is 0 Å². The zero-order chi connectivity index (χ0) is 22.5. The molecule has 2 saturated heterocycles. The van der Waals surface area contributed by atoms with Crippen LogP contribution in [0, 0.1) is 5.82 Å². The van der Waals surface area contributed by atoms with E-state index in [1.165, 1.54) is 19.2 Å². The van der Waals surface area contributed by atoms with E-state index >= 15 is 0 Å². The van der Waals surface area contributed by atoms with Crippen molar-refractivity contribution in [3.8, 4) is 5.75 Å². The third kappa shape index (κ3) is 5.91. The van der Waals surface area contributed by atoms with Gasteiger partial charge in [-0.15, -0.1) is 12.4 Å². The molecule has 0 aliphatic carbocycles. The SMILES string of the molecule is CCCS(=O)(=O)N1CCN(C2(CNC(=O)c3c(F)cccc3OC)CCOCC2)CC1.Cl. The number of carbonyl (C=O) groups is 1. The van der Waals surface area contributed by atoms with E-state index in [1.807, 2.05) is 6.92 Å². The minimum absolute atomic E-state index is 0. The fourth-order valence-corrected chi connectivity index (χ4v) is 5.91. The average Bonchev–Trinajstić information content (AvgIpc) is 2.78. The zero-order valence-electron chi connectivity index (χ0n) is 18.6. The van der Waals surface area contributed by atoms with Gasteiger partial charge in [0.25, 0.3) is 5.91 Å². The summed E-state index contributed by atoms with van der Waals surface area (Å²) in [6.45, 7) is 5.34. The molecule has 11 heteroatoms. The number of nitrogens with one attached hydrogen (secondary N) is 1. The van der Waals surface area contributed by atoms with Gasteiger partial charge in [-0.3, -0.25) is 9.69 Å². The Morgan fingerprint density at radius 2 is 1.88 bits per heavy atom. The molecule has 1 N–H and O–H groups in total. The number of piperazine rings is 1. The highest BCUT2D eigenvalue weighted by Crippen LogP contribution is 2.30. The Morgan fingerprint density at radius 1 is 1.22 bits per heavy atom. The van der Waals surface area contributed by atoms with Crippen LogP contribution < -0.4 is 10.1 Å². The lowest BCUT2D eigenvalue weighted by Crippen LogP contribution is -2.63. The van der Waals surface area contributed by atoms with E-state index in [2.05, 4.69) is 10.2 Å². The lowest BCUT2D eigenvalue weighted by Gasteiger charge is -2.49. The van der Waals surface area contributed by atoms with Gasteiger partial charge in [-0.25, -0.2) is 12.8 Å². The fraction of sp³-hybridized carbons (Fsp3) is 0.667. The zero-order valence-corrected chi connectivity index (χ0v) is 20.3. The molecule has 2 aliphatic rings. The lowest BCUT2D eigenvalue weighted by atomic mass is 9.87. The summed E-state index contributed by atoms with van der Waals surface area (Å²) in [6, 6.07) is 4.28. The van der Waals surface area contributed by atoms with Crippen LogP contribution >= 0.6 is 12.4 Å². The van der Waals surface area contributed by atoms with Crippen LogP contribution in [-0.2, 0) is 14.8 Å². The van der Waals surface area contributed by atoms with Crippen LogP contribution in [0.25, 0.3) is 0 Å². The molecule has 0 bridgehead atoms. The topological polar surface area (TPSA) is 88.2 Å². The molecule has 0 radical (unpaired) electrons. The van der Waals surface area contributed by atoms with Crippen LogP contribution in [0.4, 0.5) is 4.39 Å². The summed E-state index contributed by atoms with van der Waals surface area (Å²) < 4.78 is 51.3. The summed E-state index contributed by atoms with van der Waals surface area (Å²) >= 11 is 0. The number of methoxy groups -OCH3 is 1. The minimum atomic E-state index is -3.22. The Labute approximate surface area is 195 Å². The van der Waals surface area contributed by atoms with Crippen molar-refractivity contribution < 1.29 is 27.1 Å². The summed E-state index contributed by atoms with van der Waals surface area (Å²) in [4.78, 5) is 15.1. The molecule has 32 heavy (non-hydrogen) atoms. The molecule has 1 aromatic rings. The first-order valence-electron chi connectivity index (χ1n) is 10.7. The number of hydrogen-bond acceptors (Lipinski definition) is 6. The van der Waals surface area contributed by atoms with Crippen molar-refractivity contribution in [2.24, 2.45) is 0 Å². The number of nitrogens with zero attached hydrogens (tertiary/aromatic N) is 2. The fourth-order valence-electron chi connectivity index (χ4n) is 4.41. The number of carbonyl (C=O) groups excluding carboxylic acids is 1. The van der Waals surface area contributed by atoms with Gasteiger partial charge in [-0.2, -0.15) is 4.31 Å². The maximum Gasteiger partial charge on any atom is 0.258 e. The van der Waals surface area contributed by atoms with Crippen molar-refractivity contribution in [3.63, 3.8) is 0 Å². The van der Waals surface area contributed by atoms with Gasteiger partial charge in [-0.1, -0.05) is 13.0 Å². The van der Waals surface area contributed by atoms with Crippen LogP contribution in [-0.4, -0.2) is 87.9 Å². The molecule has 3 rings (SSSR count). The number of benzene rings is 1. The maximum atomic E-state index is 14.3. The van der Waals surface area contributed by atoms with Gasteiger partial charge in [0.2, 0.25) is 10.0 Å². The van der Waals surface area contributed by atoms with Gasteiger partial charge in [-0.05, 0) is 31.4 Å². The van der Waals surface area contributed by atoms with Crippen LogP contribution in [0.15, 0.2) is 18.2 Å². The van der Waals surface area contributed by atoms with Crippen molar-refractivity contribution in [2.45, 2.75) is 31.7 Å². The molecule has 2 heterocycles. The molecular weight excluding hydrogens is 461 g/mol. The summed E-state index contributed by atoms with van der Waals surface area (Å²) in [5.41, 5.74) is -0.463. The number of hydrogen-bond donors (Lipinski definition) is 1. The van der Waals surface area contributed by atoms with Crippen molar-refractivity contribution in [1.82, 2.24) is 14.5 Å². The summed E-state index contributed by atoms with van der Waals surface area (Å²) in [7, 11) is -1.82. The van der Waals surface area contributed by atoms with E-state index in [1.54, 1.807) is 10.4 Å². The summed E-state index contributed by atoms with van der Waals surface area (Å²) in [6.07, 6.45) is 2.02. The minimum Gasteiger partial charge on any atom is -0.496 e. The van der Waals surface area contributed by atoms with Gasteiger partial charge in [0.15, 0.2) is 0 Å². The quantitative estimate of drug-likeness (QED) is 0.595. The predicted molar refractivity (Wildman–Crippen MR) is 123 cm³/mol. The van der Waals surface area contributed by atoms with E-state index < -0.39 is 21.7 Å². The van der Waals surface area contributed by atoms with Gasteiger partial charge in [0.05, 0.1) is 12.9 Å². The molecule has 0 atom stereocenters.